The molecule has 3 unspecified atom stereocenters. The number of esters is 1. The number of aryl methyl sites for hydroxylation is 1. The van der Waals surface area contributed by atoms with Crippen LogP contribution in [-0.4, -0.2) is 63.6 Å². The lowest BCUT2D eigenvalue weighted by Crippen LogP contribution is -2.58. The number of para-hydroxylation sites is 1. The van der Waals surface area contributed by atoms with Crippen LogP contribution in [0, 0.1) is 24.7 Å². The van der Waals surface area contributed by atoms with E-state index < -0.39 is 34.6 Å². The average Bonchev–Trinajstić information content (AvgIpc) is 3.56. The molecule has 7 atom stereocenters. The number of fused-ring (bicyclic) bond motifs is 1. The van der Waals surface area contributed by atoms with E-state index in [2.05, 4.69) is 20.1 Å². The number of nitrogens with zero attached hydrogens (tertiary/aromatic N) is 2. The molecule has 3 heterocycles. The number of likely N-dealkylation sites (tertiary alicyclic amines) is 1. The molecule has 41 heavy (non-hydrogen) atoms. The van der Waals surface area contributed by atoms with Crippen LogP contribution in [0.3, 0.4) is 0 Å². The van der Waals surface area contributed by atoms with Gasteiger partial charge in [0.15, 0.2) is 0 Å². The van der Waals surface area contributed by atoms with Gasteiger partial charge in [0.1, 0.15) is 12.6 Å². The van der Waals surface area contributed by atoms with Gasteiger partial charge in [-0.1, -0.05) is 79.7 Å². The van der Waals surface area contributed by atoms with Crippen molar-refractivity contribution in [1.82, 2.24) is 4.90 Å². The van der Waals surface area contributed by atoms with Crippen LogP contribution >= 0.6 is 23.4 Å². The zero-order valence-corrected chi connectivity index (χ0v) is 24.8. The lowest BCUT2D eigenvalue weighted by molar-refractivity contribution is -0.154. The number of ether oxygens (including phenoxy) is 1. The van der Waals surface area contributed by atoms with E-state index in [0.29, 0.717) is 22.7 Å². The van der Waals surface area contributed by atoms with Crippen molar-refractivity contribution in [2.45, 2.75) is 42.3 Å². The molecule has 0 radical (unpaired) electrons. The smallest absolute Gasteiger partial charge is 0.311 e. The van der Waals surface area contributed by atoms with Crippen molar-refractivity contribution < 1.29 is 24.2 Å². The van der Waals surface area contributed by atoms with Gasteiger partial charge in [0.25, 0.3) is 5.91 Å². The highest BCUT2D eigenvalue weighted by molar-refractivity contribution is 8.02. The molecular formula is C32H35ClN2O5S. The molecule has 3 aliphatic heterocycles. The van der Waals surface area contributed by atoms with Crippen LogP contribution in [-0.2, 0) is 19.1 Å². The van der Waals surface area contributed by atoms with Gasteiger partial charge in [-0.05, 0) is 36.5 Å². The Morgan fingerprint density at radius 2 is 1.95 bits per heavy atom. The maximum absolute atomic E-state index is 15.0. The van der Waals surface area contributed by atoms with E-state index in [4.69, 9.17) is 16.3 Å². The highest BCUT2D eigenvalue weighted by atomic mass is 35.5. The Morgan fingerprint density at radius 1 is 1.22 bits per heavy atom. The molecule has 3 fully saturated rings. The molecular weight excluding hydrogens is 560 g/mol. The van der Waals surface area contributed by atoms with Gasteiger partial charge in [-0.15, -0.1) is 18.3 Å². The molecule has 1 N–H and O–H groups in total. The predicted molar refractivity (Wildman–Crippen MR) is 162 cm³/mol. The first-order valence-corrected chi connectivity index (χ1v) is 15.1. The van der Waals surface area contributed by atoms with Crippen molar-refractivity contribution in [1.29, 1.82) is 0 Å². The van der Waals surface area contributed by atoms with Gasteiger partial charge in [-0.3, -0.25) is 14.4 Å². The number of aliphatic hydroxyl groups excluding tert-OH is 1. The summed E-state index contributed by atoms with van der Waals surface area (Å²) in [5, 5.41) is 11.0. The fourth-order valence-corrected chi connectivity index (χ4v) is 9.86. The minimum Gasteiger partial charge on any atom is -0.461 e. The average molecular weight is 595 g/mol. The van der Waals surface area contributed by atoms with Crippen molar-refractivity contribution in [3.05, 3.63) is 90.0 Å². The Labute approximate surface area is 250 Å². The zero-order valence-electron chi connectivity index (χ0n) is 23.2. The molecule has 9 heteroatoms. The normalized spacial score (nSPS) is 28.7. The molecule has 7 nitrogen and oxygen atoms in total. The Hall–Kier alpha value is -3.07. The minimum atomic E-state index is -0.963. The number of halogens is 1. The van der Waals surface area contributed by atoms with Gasteiger partial charge in [-0.25, -0.2) is 0 Å². The molecule has 5 rings (SSSR count). The maximum Gasteiger partial charge on any atom is 0.311 e. The number of thioether (sulfide) groups is 1. The fraction of sp³-hybridized carbons (Fsp3) is 0.406. The second kappa shape index (κ2) is 11.7. The Bertz CT molecular complexity index is 1350. The fourth-order valence-electron chi connectivity index (χ4n) is 7.14. The number of anilines is 1. The summed E-state index contributed by atoms with van der Waals surface area (Å²) in [4.78, 5) is 46.1. The molecule has 2 aromatic rings. The summed E-state index contributed by atoms with van der Waals surface area (Å²) >= 11 is 8.22. The van der Waals surface area contributed by atoms with Crippen LogP contribution in [0.25, 0.3) is 0 Å². The summed E-state index contributed by atoms with van der Waals surface area (Å²) in [6, 6.07) is 12.9. The van der Waals surface area contributed by atoms with Gasteiger partial charge in [0.2, 0.25) is 5.91 Å². The van der Waals surface area contributed by atoms with E-state index in [-0.39, 0.29) is 42.7 Å². The molecule has 2 aromatic carbocycles. The first kappa shape index (κ1) is 29.4. The van der Waals surface area contributed by atoms with Crippen LogP contribution < -0.4 is 4.90 Å². The number of carbonyl (C=O) groups is 3. The second-order valence-electron chi connectivity index (χ2n) is 11.0. The van der Waals surface area contributed by atoms with Gasteiger partial charge in [-0.2, -0.15) is 0 Å². The highest BCUT2D eigenvalue weighted by Gasteiger charge is 2.77. The summed E-state index contributed by atoms with van der Waals surface area (Å²) in [5.41, 5.74) is 2.07. The van der Waals surface area contributed by atoms with Crippen LogP contribution in [0.1, 0.15) is 30.5 Å². The van der Waals surface area contributed by atoms with Crippen molar-refractivity contribution in [2.75, 3.05) is 24.7 Å². The van der Waals surface area contributed by atoms with E-state index in [1.54, 1.807) is 33.7 Å². The second-order valence-corrected chi connectivity index (χ2v) is 12.9. The highest BCUT2D eigenvalue weighted by Crippen LogP contribution is 2.69. The van der Waals surface area contributed by atoms with E-state index in [9.17, 15) is 19.5 Å². The Morgan fingerprint density at radius 3 is 2.59 bits per heavy atom. The summed E-state index contributed by atoms with van der Waals surface area (Å²) in [6.07, 6.45) is 3.81. The number of rotatable bonds is 10. The van der Waals surface area contributed by atoms with Crippen molar-refractivity contribution >= 4 is 46.8 Å². The largest absolute Gasteiger partial charge is 0.461 e. The van der Waals surface area contributed by atoms with Gasteiger partial charge in [0, 0.05) is 11.8 Å². The first-order valence-electron chi connectivity index (χ1n) is 13.8. The monoisotopic (exact) mass is 594 g/mol. The summed E-state index contributed by atoms with van der Waals surface area (Å²) in [6.45, 7) is 11.3. The molecule has 3 saturated heterocycles. The third-order valence-corrected chi connectivity index (χ3v) is 11.1. The quantitative estimate of drug-likeness (QED) is 0.309. The van der Waals surface area contributed by atoms with E-state index >= 15 is 0 Å². The number of carbonyl (C=O) groups excluding carboxylic acids is 3. The van der Waals surface area contributed by atoms with E-state index in [1.165, 1.54) is 6.08 Å². The van der Waals surface area contributed by atoms with E-state index in [1.807, 2.05) is 49.4 Å². The van der Waals surface area contributed by atoms with Crippen LogP contribution in [0.15, 0.2) is 73.8 Å². The number of hydrogen-bond donors (Lipinski definition) is 1. The van der Waals surface area contributed by atoms with Crippen molar-refractivity contribution in [3.8, 4) is 0 Å². The number of hydrogen-bond acceptors (Lipinski definition) is 6. The topological polar surface area (TPSA) is 87.2 Å². The SMILES string of the molecule is C=CCOC(=O)[C@@H]1[C@@H]2CC(C)C3(S2)C(C(=O)N(CC=C)c2c(C)cccc2Cl)N([C@H](CO)c2ccccc2)C(=O)[C@H]13. The van der Waals surface area contributed by atoms with Crippen LogP contribution in [0.2, 0.25) is 5.02 Å². The van der Waals surface area contributed by atoms with E-state index in [0.717, 1.165) is 5.56 Å². The summed E-state index contributed by atoms with van der Waals surface area (Å²) in [7, 11) is 0. The molecule has 3 aliphatic rings. The standard InChI is InChI=1S/C32H35ClN2O5S/c1-5-15-34(27-19(3)11-10-14-22(27)33)30(38)28-32-20(4)17-24(41-32)25(31(39)40-16-6-2)26(32)29(37)35(28)23(18-36)21-12-8-7-9-13-21/h5-14,20,23-26,28,36H,1-2,15-18H2,3-4H3/t20?,23-,24+,25-,26+,28?,32?/m1/s1. The molecule has 2 amide bonds. The molecule has 0 aliphatic carbocycles. The number of benzene rings is 2. The minimum absolute atomic E-state index is 0.0461. The molecule has 0 saturated carbocycles. The lowest BCUT2D eigenvalue weighted by atomic mass is 9.66. The van der Waals surface area contributed by atoms with Crippen molar-refractivity contribution in [3.63, 3.8) is 0 Å². The maximum atomic E-state index is 15.0. The molecule has 216 valence electrons. The number of aliphatic hydroxyl groups is 1. The number of amides is 2. The molecule has 0 aromatic heterocycles. The first-order chi connectivity index (χ1) is 19.7. The van der Waals surface area contributed by atoms with Gasteiger partial charge in [0.05, 0.1) is 39.9 Å². The molecule has 1 spiro atoms. The predicted octanol–water partition coefficient (Wildman–Crippen LogP) is 4.97. The lowest BCUT2D eigenvalue weighted by Gasteiger charge is -2.42. The summed E-state index contributed by atoms with van der Waals surface area (Å²) < 4.78 is 4.59. The molecule has 2 bridgehead atoms. The zero-order chi connectivity index (χ0) is 29.5. The Balaban J connectivity index is 1.69. The third kappa shape index (κ3) is 4.60. The van der Waals surface area contributed by atoms with Crippen LogP contribution in [0.4, 0.5) is 5.69 Å². The third-order valence-electron chi connectivity index (χ3n) is 8.76. The summed E-state index contributed by atoms with van der Waals surface area (Å²) in [5.74, 6) is -2.61. The Kier molecular flexibility index (Phi) is 8.37. The van der Waals surface area contributed by atoms with Gasteiger partial charge >= 0.3 is 5.97 Å². The van der Waals surface area contributed by atoms with Crippen LogP contribution in [0.5, 0.6) is 0 Å². The van der Waals surface area contributed by atoms with Crippen molar-refractivity contribution in [2.24, 2.45) is 17.8 Å². The van der Waals surface area contributed by atoms with Gasteiger partial charge < -0.3 is 19.6 Å².